The summed E-state index contributed by atoms with van der Waals surface area (Å²) >= 11 is 3.37. The smallest absolute Gasteiger partial charge is 0.231 e. The van der Waals surface area contributed by atoms with E-state index in [1.165, 1.54) is 0 Å². The molecule has 2 aromatic rings. The van der Waals surface area contributed by atoms with E-state index >= 15 is 0 Å². The molecule has 1 aliphatic rings. The zero-order chi connectivity index (χ0) is 14.8. The van der Waals surface area contributed by atoms with Gasteiger partial charge in [-0.05, 0) is 43.3 Å². The zero-order valence-electron chi connectivity index (χ0n) is 11.6. The van der Waals surface area contributed by atoms with Crippen molar-refractivity contribution in [2.24, 2.45) is 5.92 Å². The molecule has 0 aliphatic carbocycles. The minimum atomic E-state index is -0.00301. The van der Waals surface area contributed by atoms with Gasteiger partial charge in [0.2, 0.25) is 5.91 Å². The molecular weight excluding hydrogens is 332 g/mol. The van der Waals surface area contributed by atoms with Gasteiger partial charge in [0.25, 0.3) is 0 Å². The first-order chi connectivity index (χ1) is 10.1. The molecule has 0 saturated carbocycles. The van der Waals surface area contributed by atoms with Crippen molar-refractivity contribution in [1.29, 1.82) is 0 Å². The number of hydrogen-bond acceptors (Lipinski definition) is 4. The van der Waals surface area contributed by atoms with Crippen LogP contribution in [0.25, 0.3) is 0 Å². The number of benzene rings is 1. The molecule has 108 valence electrons. The largest absolute Gasteiger partial charge is 0.353 e. The third-order valence-corrected chi connectivity index (χ3v) is 4.00. The van der Waals surface area contributed by atoms with E-state index < -0.39 is 0 Å². The van der Waals surface area contributed by atoms with Gasteiger partial charge >= 0.3 is 0 Å². The molecule has 3 rings (SSSR count). The van der Waals surface area contributed by atoms with Crippen LogP contribution in [0.15, 0.2) is 40.9 Å². The average molecular weight is 347 g/mol. The Morgan fingerprint density at radius 3 is 2.52 bits per heavy atom. The fourth-order valence-corrected chi connectivity index (χ4v) is 2.43. The second kappa shape index (κ2) is 5.81. The Kier molecular flexibility index (Phi) is 3.88. The molecule has 2 heterocycles. The fourth-order valence-electron chi connectivity index (χ4n) is 2.17. The molecular formula is C15H15BrN4O. The topological polar surface area (TPSA) is 58.1 Å². The van der Waals surface area contributed by atoms with Gasteiger partial charge in [0.1, 0.15) is 0 Å². The maximum Gasteiger partial charge on any atom is 0.231 e. The Balaban J connectivity index is 1.54. The summed E-state index contributed by atoms with van der Waals surface area (Å²) in [7, 11) is 0. The molecule has 21 heavy (non-hydrogen) atoms. The number of carbonyl (C=O) groups is 1. The third-order valence-electron chi connectivity index (χ3n) is 3.47. The van der Waals surface area contributed by atoms with E-state index in [4.69, 9.17) is 0 Å². The molecule has 1 aliphatic heterocycles. The van der Waals surface area contributed by atoms with Crippen molar-refractivity contribution in [3.05, 3.63) is 46.6 Å². The number of halogens is 1. The van der Waals surface area contributed by atoms with Crippen LogP contribution in [0.5, 0.6) is 0 Å². The van der Waals surface area contributed by atoms with Gasteiger partial charge in [-0.2, -0.15) is 5.10 Å². The van der Waals surface area contributed by atoms with Crippen molar-refractivity contribution in [3.8, 4) is 0 Å². The predicted octanol–water partition coefficient (Wildman–Crippen LogP) is 2.62. The molecule has 0 spiro atoms. The molecule has 1 aromatic heterocycles. The second-order valence-corrected chi connectivity index (χ2v) is 6.05. The number of aromatic nitrogens is 2. The molecule has 0 radical (unpaired) electrons. The van der Waals surface area contributed by atoms with E-state index in [2.05, 4.69) is 36.3 Å². The highest BCUT2D eigenvalue weighted by atomic mass is 79.9. The number of rotatable bonds is 3. The fraction of sp³-hybridized carbons (Fsp3) is 0.267. The Morgan fingerprint density at radius 1 is 1.19 bits per heavy atom. The van der Waals surface area contributed by atoms with E-state index in [1.807, 2.05) is 43.3 Å². The zero-order valence-corrected chi connectivity index (χ0v) is 13.2. The number of aryl methyl sites for hydroxylation is 1. The summed E-state index contributed by atoms with van der Waals surface area (Å²) < 4.78 is 0.994. The van der Waals surface area contributed by atoms with Crippen LogP contribution in [-0.4, -0.2) is 29.2 Å². The summed E-state index contributed by atoms with van der Waals surface area (Å²) in [6.45, 7) is 3.27. The molecule has 5 nitrogen and oxygen atoms in total. The summed E-state index contributed by atoms with van der Waals surface area (Å²) in [5.41, 5.74) is 1.71. The average Bonchev–Trinajstić information content (AvgIpc) is 2.42. The first-order valence-corrected chi connectivity index (χ1v) is 7.53. The molecule has 1 aromatic carbocycles. The van der Waals surface area contributed by atoms with Gasteiger partial charge < -0.3 is 10.2 Å². The predicted molar refractivity (Wildman–Crippen MR) is 85.2 cm³/mol. The van der Waals surface area contributed by atoms with Gasteiger partial charge in [-0.3, -0.25) is 4.79 Å². The third kappa shape index (κ3) is 3.21. The highest BCUT2D eigenvalue weighted by Crippen LogP contribution is 2.23. The van der Waals surface area contributed by atoms with Gasteiger partial charge in [0.05, 0.1) is 11.6 Å². The normalized spacial score (nSPS) is 14.7. The Labute approximate surface area is 131 Å². The number of nitrogens with zero attached hydrogens (tertiary/aromatic N) is 3. The Bertz CT molecular complexity index is 636. The first-order valence-electron chi connectivity index (χ1n) is 6.73. The number of anilines is 2. The van der Waals surface area contributed by atoms with Gasteiger partial charge in [0, 0.05) is 23.2 Å². The van der Waals surface area contributed by atoms with E-state index in [0.29, 0.717) is 13.1 Å². The minimum absolute atomic E-state index is 0.00301. The molecule has 0 atom stereocenters. The maximum atomic E-state index is 12.1. The lowest BCUT2D eigenvalue weighted by atomic mass is 9.99. The first kappa shape index (κ1) is 14.0. The van der Waals surface area contributed by atoms with Crippen molar-refractivity contribution >= 4 is 33.3 Å². The highest BCUT2D eigenvalue weighted by Gasteiger charge is 2.33. The SMILES string of the molecule is Cc1ccc(N2CC(C(=O)Nc3ccc(Br)cc3)C2)nn1. The van der Waals surface area contributed by atoms with Crippen LogP contribution >= 0.6 is 15.9 Å². The van der Waals surface area contributed by atoms with Crippen molar-refractivity contribution < 1.29 is 4.79 Å². The number of carbonyl (C=O) groups excluding carboxylic acids is 1. The van der Waals surface area contributed by atoms with Crippen LogP contribution in [0.2, 0.25) is 0 Å². The minimum Gasteiger partial charge on any atom is -0.353 e. The lowest BCUT2D eigenvalue weighted by Gasteiger charge is -2.38. The maximum absolute atomic E-state index is 12.1. The van der Waals surface area contributed by atoms with Crippen LogP contribution in [0.3, 0.4) is 0 Å². The molecule has 1 saturated heterocycles. The van der Waals surface area contributed by atoms with Crippen LogP contribution in [-0.2, 0) is 4.79 Å². The number of hydrogen-bond donors (Lipinski definition) is 1. The van der Waals surface area contributed by atoms with Gasteiger partial charge in [0.15, 0.2) is 5.82 Å². The lowest BCUT2D eigenvalue weighted by molar-refractivity contribution is -0.120. The van der Waals surface area contributed by atoms with Crippen LogP contribution in [0.4, 0.5) is 11.5 Å². The number of amides is 1. The van der Waals surface area contributed by atoms with Gasteiger partial charge in [-0.1, -0.05) is 15.9 Å². The quantitative estimate of drug-likeness (QED) is 0.927. The van der Waals surface area contributed by atoms with Gasteiger partial charge in [-0.15, -0.1) is 5.10 Å². The highest BCUT2D eigenvalue weighted by molar-refractivity contribution is 9.10. The van der Waals surface area contributed by atoms with E-state index in [9.17, 15) is 4.79 Å². The van der Waals surface area contributed by atoms with Crippen molar-refractivity contribution in [3.63, 3.8) is 0 Å². The molecule has 1 N–H and O–H groups in total. The molecule has 0 unspecified atom stereocenters. The van der Waals surface area contributed by atoms with E-state index in [0.717, 1.165) is 21.7 Å². The van der Waals surface area contributed by atoms with Crippen molar-refractivity contribution in [2.75, 3.05) is 23.3 Å². The second-order valence-electron chi connectivity index (χ2n) is 5.13. The van der Waals surface area contributed by atoms with Crippen LogP contribution < -0.4 is 10.2 Å². The molecule has 1 amide bonds. The van der Waals surface area contributed by atoms with E-state index in [1.54, 1.807) is 0 Å². The van der Waals surface area contributed by atoms with Crippen LogP contribution in [0, 0.1) is 12.8 Å². The van der Waals surface area contributed by atoms with Gasteiger partial charge in [-0.25, -0.2) is 0 Å². The van der Waals surface area contributed by atoms with Crippen LogP contribution in [0.1, 0.15) is 5.69 Å². The molecule has 1 fully saturated rings. The number of nitrogens with one attached hydrogen (secondary N) is 1. The Hall–Kier alpha value is -1.95. The van der Waals surface area contributed by atoms with Crippen molar-refractivity contribution in [2.45, 2.75) is 6.92 Å². The van der Waals surface area contributed by atoms with E-state index in [-0.39, 0.29) is 11.8 Å². The summed E-state index contributed by atoms with van der Waals surface area (Å²) in [5.74, 6) is 0.874. The Morgan fingerprint density at radius 2 is 1.90 bits per heavy atom. The molecule has 6 heteroatoms. The molecule has 0 bridgehead atoms. The summed E-state index contributed by atoms with van der Waals surface area (Å²) in [4.78, 5) is 14.2. The standard InChI is InChI=1S/C15H15BrN4O/c1-10-2-7-14(19-18-10)20-8-11(9-20)15(21)17-13-5-3-12(16)4-6-13/h2-7,11H,8-9H2,1H3,(H,17,21). The van der Waals surface area contributed by atoms with Crippen molar-refractivity contribution in [1.82, 2.24) is 10.2 Å². The summed E-state index contributed by atoms with van der Waals surface area (Å²) in [5, 5.41) is 11.1. The monoisotopic (exact) mass is 346 g/mol. The lowest BCUT2D eigenvalue weighted by Crippen LogP contribution is -2.52. The summed E-state index contributed by atoms with van der Waals surface area (Å²) in [6, 6.07) is 11.4. The summed E-state index contributed by atoms with van der Waals surface area (Å²) in [6.07, 6.45) is 0.